The average molecular weight is 472 g/mol. The Labute approximate surface area is 203 Å². The molecule has 0 saturated heterocycles. The van der Waals surface area contributed by atoms with Crippen molar-refractivity contribution in [2.24, 2.45) is 0 Å². The first-order chi connectivity index (χ1) is 17.0. The molecule has 0 bridgehead atoms. The van der Waals surface area contributed by atoms with Crippen molar-refractivity contribution in [1.82, 2.24) is 0 Å². The standard InChI is InChI=1S/C27H25N3O5/c1-3-6-18-9-14-23(24(15-18)34-2)35-17-26(32)28-20-12-10-19(11-13-20)27(33)30-16-25(31)29-21-7-4-5-8-22(21)30/h3-5,7-15H,1,6,16-17H2,2H3,(H,28,32)(H,29,31). The lowest BCUT2D eigenvalue weighted by Crippen LogP contribution is -2.42. The van der Waals surface area contributed by atoms with Gasteiger partial charge in [-0.3, -0.25) is 19.3 Å². The molecule has 4 rings (SSSR count). The van der Waals surface area contributed by atoms with E-state index in [0.29, 0.717) is 40.5 Å². The third kappa shape index (κ3) is 5.50. The van der Waals surface area contributed by atoms with Gasteiger partial charge in [0.2, 0.25) is 5.91 Å². The van der Waals surface area contributed by atoms with Crippen molar-refractivity contribution in [3.8, 4) is 11.5 Å². The molecule has 0 aromatic heterocycles. The van der Waals surface area contributed by atoms with Gasteiger partial charge in [0, 0.05) is 11.3 Å². The average Bonchev–Trinajstić information content (AvgIpc) is 2.87. The molecule has 3 aromatic carbocycles. The normalized spacial score (nSPS) is 12.3. The molecule has 0 saturated carbocycles. The van der Waals surface area contributed by atoms with Gasteiger partial charge in [0.25, 0.3) is 11.8 Å². The first-order valence-corrected chi connectivity index (χ1v) is 11.0. The maximum absolute atomic E-state index is 13.0. The number of carbonyl (C=O) groups excluding carboxylic acids is 3. The van der Waals surface area contributed by atoms with Crippen LogP contribution in [0.25, 0.3) is 0 Å². The van der Waals surface area contributed by atoms with E-state index >= 15 is 0 Å². The number of rotatable bonds is 8. The number of hydrogen-bond donors (Lipinski definition) is 2. The fourth-order valence-electron chi connectivity index (χ4n) is 3.73. The first kappa shape index (κ1) is 23.6. The highest BCUT2D eigenvalue weighted by atomic mass is 16.5. The Morgan fingerprint density at radius 1 is 1.09 bits per heavy atom. The third-order valence-electron chi connectivity index (χ3n) is 5.40. The number of ether oxygens (including phenoxy) is 2. The first-order valence-electron chi connectivity index (χ1n) is 11.0. The summed E-state index contributed by atoms with van der Waals surface area (Å²) in [6.07, 6.45) is 2.50. The molecule has 0 radical (unpaired) electrons. The van der Waals surface area contributed by atoms with Crippen LogP contribution in [0.5, 0.6) is 11.5 Å². The number of nitrogens with zero attached hydrogens (tertiary/aromatic N) is 1. The van der Waals surface area contributed by atoms with Crippen LogP contribution in [0, 0.1) is 0 Å². The van der Waals surface area contributed by atoms with Crippen molar-refractivity contribution in [1.29, 1.82) is 0 Å². The van der Waals surface area contributed by atoms with Gasteiger partial charge in [0.1, 0.15) is 6.54 Å². The number of anilines is 3. The smallest absolute Gasteiger partial charge is 0.262 e. The lowest BCUT2D eigenvalue weighted by atomic mass is 10.1. The molecule has 35 heavy (non-hydrogen) atoms. The van der Waals surface area contributed by atoms with Gasteiger partial charge < -0.3 is 20.1 Å². The summed E-state index contributed by atoms with van der Waals surface area (Å²) in [4.78, 5) is 38.9. The summed E-state index contributed by atoms with van der Waals surface area (Å²) in [5.41, 5.74) is 3.16. The van der Waals surface area contributed by atoms with Crippen LogP contribution in [0.15, 0.2) is 79.4 Å². The second-order valence-electron chi connectivity index (χ2n) is 7.85. The number of carbonyl (C=O) groups is 3. The highest BCUT2D eigenvalue weighted by Gasteiger charge is 2.27. The van der Waals surface area contributed by atoms with E-state index in [4.69, 9.17) is 9.47 Å². The van der Waals surface area contributed by atoms with Crippen LogP contribution in [-0.4, -0.2) is 38.0 Å². The molecule has 1 aliphatic heterocycles. The van der Waals surface area contributed by atoms with Gasteiger partial charge in [-0.1, -0.05) is 24.3 Å². The van der Waals surface area contributed by atoms with E-state index in [-0.39, 0.29) is 30.9 Å². The zero-order valence-corrected chi connectivity index (χ0v) is 19.2. The Morgan fingerprint density at radius 2 is 1.86 bits per heavy atom. The number of benzene rings is 3. The van der Waals surface area contributed by atoms with Gasteiger partial charge in [-0.2, -0.15) is 0 Å². The number of hydrogen-bond acceptors (Lipinski definition) is 5. The van der Waals surface area contributed by atoms with E-state index in [1.54, 1.807) is 54.6 Å². The van der Waals surface area contributed by atoms with E-state index in [1.807, 2.05) is 18.2 Å². The van der Waals surface area contributed by atoms with Crippen molar-refractivity contribution in [2.75, 3.05) is 35.8 Å². The fourth-order valence-corrected chi connectivity index (χ4v) is 3.73. The number of fused-ring (bicyclic) bond motifs is 1. The van der Waals surface area contributed by atoms with E-state index in [9.17, 15) is 14.4 Å². The number of methoxy groups -OCH3 is 1. The summed E-state index contributed by atoms with van der Waals surface area (Å²) in [5, 5.41) is 5.50. The Hall–Kier alpha value is -4.59. The van der Waals surface area contributed by atoms with Crippen molar-refractivity contribution >= 4 is 34.8 Å². The Balaban J connectivity index is 1.37. The van der Waals surface area contributed by atoms with Crippen LogP contribution in [0.4, 0.5) is 17.1 Å². The van der Waals surface area contributed by atoms with Crippen LogP contribution in [0.3, 0.4) is 0 Å². The SMILES string of the molecule is C=CCc1ccc(OCC(=O)Nc2ccc(C(=O)N3CC(=O)Nc4ccccc43)cc2)c(OC)c1. The molecule has 0 fully saturated rings. The van der Waals surface area contributed by atoms with E-state index in [0.717, 1.165) is 5.56 Å². The van der Waals surface area contributed by atoms with Crippen molar-refractivity contribution in [3.63, 3.8) is 0 Å². The van der Waals surface area contributed by atoms with E-state index < -0.39 is 0 Å². The zero-order valence-electron chi connectivity index (χ0n) is 19.2. The fraction of sp³-hybridized carbons (Fsp3) is 0.148. The van der Waals surface area contributed by atoms with Crippen molar-refractivity contribution in [2.45, 2.75) is 6.42 Å². The van der Waals surface area contributed by atoms with Gasteiger partial charge >= 0.3 is 0 Å². The molecule has 0 aliphatic carbocycles. The molecular weight excluding hydrogens is 446 g/mol. The minimum Gasteiger partial charge on any atom is -0.493 e. The Bertz CT molecular complexity index is 1270. The minimum atomic E-state index is -0.358. The largest absolute Gasteiger partial charge is 0.493 e. The van der Waals surface area contributed by atoms with Crippen LogP contribution in [0.1, 0.15) is 15.9 Å². The molecule has 0 unspecified atom stereocenters. The molecule has 8 heteroatoms. The summed E-state index contributed by atoms with van der Waals surface area (Å²) in [6, 6.07) is 19.1. The summed E-state index contributed by atoms with van der Waals surface area (Å²) in [7, 11) is 1.54. The highest BCUT2D eigenvalue weighted by molar-refractivity contribution is 6.15. The van der Waals surface area contributed by atoms with Gasteiger partial charge in [-0.15, -0.1) is 6.58 Å². The molecule has 1 aliphatic rings. The second kappa shape index (κ2) is 10.6. The third-order valence-corrected chi connectivity index (χ3v) is 5.40. The van der Waals surface area contributed by atoms with E-state index in [1.165, 1.54) is 12.0 Å². The summed E-state index contributed by atoms with van der Waals surface area (Å²) in [5.74, 6) is 0.0755. The number of para-hydroxylation sites is 2. The van der Waals surface area contributed by atoms with Gasteiger partial charge in [-0.25, -0.2) is 0 Å². The number of allylic oxidation sites excluding steroid dienone is 1. The predicted octanol–water partition coefficient (Wildman–Crippen LogP) is 4.04. The summed E-state index contributed by atoms with van der Waals surface area (Å²) >= 11 is 0. The summed E-state index contributed by atoms with van der Waals surface area (Å²) < 4.78 is 11.0. The summed E-state index contributed by atoms with van der Waals surface area (Å²) in [6.45, 7) is 3.45. The van der Waals surface area contributed by atoms with Crippen LogP contribution in [-0.2, 0) is 16.0 Å². The van der Waals surface area contributed by atoms with Crippen LogP contribution in [0.2, 0.25) is 0 Å². The molecule has 8 nitrogen and oxygen atoms in total. The maximum atomic E-state index is 13.0. The number of amides is 3. The highest BCUT2D eigenvalue weighted by Crippen LogP contribution is 2.30. The molecule has 0 atom stereocenters. The van der Waals surface area contributed by atoms with Gasteiger partial charge in [-0.05, 0) is 60.5 Å². The van der Waals surface area contributed by atoms with Crippen LogP contribution >= 0.6 is 0 Å². The second-order valence-corrected chi connectivity index (χ2v) is 7.85. The molecule has 3 amide bonds. The molecule has 0 spiro atoms. The van der Waals surface area contributed by atoms with Crippen molar-refractivity contribution in [3.05, 3.63) is 90.5 Å². The Morgan fingerprint density at radius 3 is 2.60 bits per heavy atom. The molecule has 178 valence electrons. The molecule has 3 aromatic rings. The zero-order chi connectivity index (χ0) is 24.8. The molecule has 1 heterocycles. The monoisotopic (exact) mass is 471 g/mol. The van der Waals surface area contributed by atoms with Gasteiger partial charge in [0.05, 0.1) is 18.5 Å². The Kier molecular flexibility index (Phi) is 7.11. The van der Waals surface area contributed by atoms with Gasteiger partial charge in [0.15, 0.2) is 18.1 Å². The maximum Gasteiger partial charge on any atom is 0.262 e. The van der Waals surface area contributed by atoms with E-state index in [2.05, 4.69) is 17.2 Å². The quantitative estimate of drug-likeness (QED) is 0.484. The molecular formula is C27H25N3O5. The lowest BCUT2D eigenvalue weighted by Gasteiger charge is -2.29. The van der Waals surface area contributed by atoms with Crippen molar-refractivity contribution < 1.29 is 23.9 Å². The minimum absolute atomic E-state index is 0.0658. The lowest BCUT2D eigenvalue weighted by molar-refractivity contribution is -0.118. The topological polar surface area (TPSA) is 97.0 Å². The predicted molar refractivity (Wildman–Crippen MR) is 134 cm³/mol. The number of nitrogens with one attached hydrogen (secondary N) is 2. The van der Waals surface area contributed by atoms with Crippen LogP contribution < -0.4 is 25.0 Å². The molecule has 2 N–H and O–H groups in total.